The number of carbonyl (C=O) groups is 2. The van der Waals surface area contributed by atoms with E-state index in [0.717, 1.165) is 5.56 Å². The Morgan fingerprint density at radius 3 is 1.96 bits per heavy atom. The normalized spacial score (nSPS) is 10.5. The molecule has 0 atom stereocenters. The molecule has 0 heterocycles. The third kappa shape index (κ3) is 3.99. The highest BCUT2D eigenvalue weighted by Crippen LogP contribution is 2.36. The van der Waals surface area contributed by atoms with Gasteiger partial charge in [0.2, 0.25) is 0 Å². The number of carbonyl (C=O) groups excluding carboxylic acids is 2. The van der Waals surface area contributed by atoms with Gasteiger partial charge in [-0.25, -0.2) is 4.79 Å². The molecule has 2 rings (SSSR count). The zero-order chi connectivity index (χ0) is 18.6. The Labute approximate surface area is 147 Å². The van der Waals surface area contributed by atoms with E-state index in [9.17, 15) is 9.59 Å². The minimum Gasteiger partial charge on any atom is -0.496 e. The SMILES string of the molecule is COc1cc(C(=O)Oc2ccccc2C(C)=O)cc(OC)c1C(C)C. The average Bonchev–Trinajstić information content (AvgIpc) is 2.60. The first-order valence-corrected chi connectivity index (χ1v) is 7.97. The van der Waals surface area contributed by atoms with Crippen LogP contribution in [0.5, 0.6) is 17.2 Å². The summed E-state index contributed by atoms with van der Waals surface area (Å²) in [5, 5.41) is 0. The zero-order valence-electron chi connectivity index (χ0n) is 15.1. The van der Waals surface area contributed by atoms with Crippen molar-refractivity contribution in [2.75, 3.05) is 14.2 Å². The Morgan fingerprint density at radius 2 is 1.48 bits per heavy atom. The number of ketones is 1. The zero-order valence-corrected chi connectivity index (χ0v) is 15.1. The number of hydrogen-bond acceptors (Lipinski definition) is 5. The molecule has 0 aliphatic rings. The predicted molar refractivity (Wildman–Crippen MR) is 95.0 cm³/mol. The number of esters is 1. The molecule has 0 spiro atoms. The monoisotopic (exact) mass is 342 g/mol. The largest absolute Gasteiger partial charge is 0.496 e. The van der Waals surface area contributed by atoms with Gasteiger partial charge in [0.1, 0.15) is 17.2 Å². The van der Waals surface area contributed by atoms with Crippen LogP contribution in [0.1, 0.15) is 53.0 Å². The standard InChI is InChI=1S/C20H22O5/c1-12(2)19-17(23-4)10-14(11-18(19)24-5)20(22)25-16-9-7-6-8-15(16)13(3)21/h6-12H,1-5H3. The molecule has 0 radical (unpaired) electrons. The van der Waals surface area contributed by atoms with E-state index in [-0.39, 0.29) is 23.0 Å². The van der Waals surface area contributed by atoms with Gasteiger partial charge in [-0.2, -0.15) is 0 Å². The van der Waals surface area contributed by atoms with Gasteiger partial charge in [-0.05, 0) is 37.1 Å². The van der Waals surface area contributed by atoms with E-state index in [1.54, 1.807) is 50.6 Å². The molecular formula is C20H22O5. The second kappa shape index (κ2) is 7.83. The molecule has 25 heavy (non-hydrogen) atoms. The van der Waals surface area contributed by atoms with Crippen molar-refractivity contribution >= 4 is 11.8 Å². The van der Waals surface area contributed by atoms with Crippen LogP contribution >= 0.6 is 0 Å². The molecule has 0 saturated heterocycles. The molecular weight excluding hydrogens is 320 g/mol. The van der Waals surface area contributed by atoms with Crippen molar-refractivity contribution in [3.63, 3.8) is 0 Å². The van der Waals surface area contributed by atoms with Gasteiger partial charge in [0.25, 0.3) is 0 Å². The highest BCUT2D eigenvalue weighted by molar-refractivity contribution is 5.99. The van der Waals surface area contributed by atoms with Crippen LogP contribution in [-0.2, 0) is 0 Å². The summed E-state index contributed by atoms with van der Waals surface area (Å²) in [7, 11) is 3.08. The summed E-state index contributed by atoms with van der Waals surface area (Å²) in [5.74, 6) is 0.746. The number of benzene rings is 2. The first-order valence-electron chi connectivity index (χ1n) is 7.97. The highest BCUT2D eigenvalue weighted by Gasteiger charge is 2.20. The van der Waals surface area contributed by atoms with Crippen molar-refractivity contribution < 1.29 is 23.8 Å². The van der Waals surface area contributed by atoms with Crippen molar-refractivity contribution in [2.45, 2.75) is 26.7 Å². The minimum atomic E-state index is -0.583. The van der Waals surface area contributed by atoms with E-state index in [2.05, 4.69) is 0 Å². The van der Waals surface area contributed by atoms with Gasteiger partial charge in [0.05, 0.1) is 25.3 Å². The number of rotatable bonds is 6. The Bertz CT molecular complexity index is 767. The molecule has 0 aliphatic carbocycles. The van der Waals surface area contributed by atoms with Crippen molar-refractivity contribution in [1.29, 1.82) is 0 Å². The summed E-state index contributed by atoms with van der Waals surface area (Å²) in [5.41, 5.74) is 1.52. The van der Waals surface area contributed by atoms with Crippen molar-refractivity contribution in [2.24, 2.45) is 0 Å². The van der Waals surface area contributed by atoms with Gasteiger partial charge in [-0.1, -0.05) is 26.0 Å². The molecule has 0 unspecified atom stereocenters. The van der Waals surface area contributed by atoms with Gasteiger partial charge < -0.3 is 14.2 Å². The fourth-order valence-electron chi connectivity index (χ4n) is 2.63. The van der Waals surface area contributed by atoms with E-state index in [4.69, 9.17) is 14.2 Å². The van der Waals surface area contributed by atoms with Crippen molar-refractivity contribution in [1.82, 2.24) is 0 Å². The smallest absolute Gasteiger partial charge is 0.343 e. The lowest BCUT2D eigenvalue weighted by atomic mass is 9.98. The lowest BCUT2D eigenvalue weighted by molar-refractivity contribution is 0.0732. The Hall–Kier alpha value is -2.82. The van der Waals surface area contributed by atoms with Crippen LogP contribution < -0.4 is 14.2 Å². The van der Waals surface area contributed by atoms with Crippen molar-refractivity contribution in [3.8, 4) is 17.2 Å². The van der Waals surface area contributed by atoms with Crippen LogP contribution in [0.3, 0.4) is 0 Å². The van der Waals surface area contributed by atoms with E-state index in [0.29, 0.717) is 17.1 Å². The van der Waals surface area contributed by atoms with Gasteiger partial charge in [-0.3, -0.25) is 4.79 Å². The molecule has 0 amide bonds. The molecule has 0 aliphatic heterocycles. The summed E-state index contributed by atoms with van der Waals surface area (Å²) < 4.78 is 16.2. The molecule has 0 fully saturated rings. The van der Waals surface area contributed by atoms with Gasteiger partial charge >= 0.3 is 5.97 Å². The topological polar surface area (TPSA) is 61.8 Å². The highest BCUT2D eigenvalue weighted by atomic mass is 16.5. The van der Waals surface area contributed by atoms with Gasteiger partial charge in [0.15, 0.2) is 5.78 Å². The van der Waals surface area contributed by atoms with Crippen LogP contribution in [0.15, 0.2) is 36.4 Å². The molecule has 5 nitrogen and oxygen atoms in total. The number of Topliss-reactive ketones (excluding diaryl/α,β-unsaturated/α-hetero) is 1. The van der Waals surface area contributed by atoms with Crippen LogP contribution in [-0.4, -0.2) is 26.0 Å². The molecule has 132 valence electrons. The summed E-state index contributed by atoms with van der Waals surface area (Å²) in [6, 6.07) is 9.88. The Balaban J connectivity index is 2.42. The summed E-state index contributed by atoms with van der Waals surface area (Å²) in [4.78, 5) is 24.2. The van der Waals surface area contributed by atoms with E-state index >= 15 is 0 Å². The summed E-state index contributed by atoms with van der Waals surface area (Å²) >= 11 is 0. The van der Waals surface area contributed by atoms with E-state index in [1.165, 1.54) is 6.92 Å². The van der Waals surface area contributed by atoms with Crippen LogP contribution in [0, 0.1) is 0 Å². The number of hydrogen-bond donors (Lipinski definition) is 0. The quantitative estimate of drug-likeness (QED) is 0.446. The average molecular weight is 342 g/mol. The van der Waals surface area contributed by atoms with E-state index < -0.39 is 5.97 Å². The second-order valence-corrected chi connectivity index (χ2v) is 5.89. The van der Waals surface area contributed by atoms with E-state index in [1.807, 2.05) is 13.8 Å². The van der Waals surface area contributed by atoms with Gasteiger partial charge in [0, 0.05) is 5.56 Å². The minimum absolute atomic E-state index is 0.161. The maximum Gasteiger partial charge on any atom is 0.343 e. The lowest BCUT2D eigenvalue weighted by Gasteiger charge is -2.17. The number of ether oxygens (including phenoxy) is 3. The summed E-state index contributed by atoms with van der Waals surface area (Å²) in [6.07, 6.45) is 0. The maximum absolute atomic E-state index is 12.6. The Morgan fingerprint density at radius 1 is 0.920 bits per heavy atom. The first-order chi connectivity index (χ1) is 11.9. The third-order valence-corrected chi connectivity index (χ3v) is 3.83. The van der Waals surface area contributed by atoms with Crippen LogP contribution in [0.25, 0.3) is 0 Å². The first kappa shape index (κ1) is 18.5. The summed E-state index contributed by atoms with van der Waals surface area (Å²) in [6.45, 7) is 5.46. The predicted octanol–water partition coefficient (Wildman–Crippen LogP) is 4.25. The number of methoxy groups -OCH3 is 2. The third-order valence-electron chi connectivity index (χ3n) is 3.83. The maximum atomic E-state index is 12.6. The molecule has 2 aromatic carbocycles. The van der Waals surface area contributed by atoms with Crippen molar-refractivity contribution in [3.05, 3.63) is 53.1 Å². The fraction of sp³-hybridized carbons (Fsp3) is 0.300. The lowest BCUT2D eigenvalue weighted by Crippen LogP contribution is -2.12. The Kier molecular flexibility index (Phi) is 5.80. The molecule has 2 aromatic rings. The number of para-hydroxylation sites is 1. The van der Waals surface area contributed by atoms with Gasteiger partial charge in [-0.15, -0.1) is 0 Å². The van der Waals surface area contributed by atoms with Crippen LogP contribution in [0.4, 0.5) is 0 Å². The molecule has 0 aromatic heterocycles. The molecule has 5 heteroatoms. The fourth-order valence-corrected chi connectivity index (χ4v) is 2.63. The molecule has 0 saturated carbocycles. The van der Waals surface area contributed by atoms with Crippen LogP contribution in [0.2, 0.25) is 0 Å². The second-order valence-electron chi connectivity index (χ2n) is 5.89. The molecule has 0 N–H and O–H groups in total. The molecule has 0 bridgehead atoms.